The number of hydrogen-bond acceptors (Lipinski definition) is 6. The third kappa shape index (κ3) is 3.97. The van der Waals surface area contributed by atoms with E-state index in [0.717, 1.165) is 27.8 Å². The van der Waals surface area contributed by atoms with Crippen molar-refractivity contribution in [2.24, 2.45) is 7.05 Å². The number of likely N-dealkylation sites (N-methyl/N-ethyl adjacent to an activating group) is 1. The van der Waals surface area contributed by atoms with Crippen molar-refractivity contribution in [1.82, 2.24) is 14.5 Å². The number of hydrogen-bond donors (Lipinski definition) is 0. The Labute approximate surface area is 166 Å². The van der Waals surface area contributed by atoms with Crippen LogP contribution in [-0.2, 0) is 17.6 Å². The van der Waals surface area contributed by atoms with Gasteiger partial charge in [-0.1, -0.05) is 41.8 Å². The third-order valence-electron chi connectivity index (χ3n) is 3.93. The molecule has 3 rings (SSSR count). The highest BCUT2D eigenvalue weighted by Crippen LogP contribution is 2.34. The fraction of sp³-hybridized carbons (Fsp3) is 0.278. The summed E-state index contributed by atoms with van der Waals surface area (Å²) >= 11 is 8.26. The minimum atomic E-state index is -0.0257. The molecule has 2 aromatic rings. The molecule has 2 heterocycles. The van der Waals surface area contributed by atoms with Gasteiger partial charge in [0.05, 0.1) is 12.0 Å². The molecule has 8 heteroatoms. The number of aromatic nitrogens is 2. The number of carbonyl (C=O) groups is 1. The molecule has 136 valence electrons. The fourth-order valence-corrected chi connectivity index (χ4v) is 4.85. The number of rotatable bonds is 6. The maximum absolute atomic E-state index is 12.4. The minimum absolute atomic E-state index is 0.0257. The van der Waals surface area contributed by atoms with Gasteiger partial charge in [-0.2, -0.15) is 0 Å². The van der Waals surface area contributed by atoms with E-state index in [1.165, 1.54) is 11.8 Å². The fourth-order valence-electron chi connectivity index (χ4n) is 2.56. The molecule has 1 saturated heterocycles. The molecule has 1 aliphatic rings. The van der Waals surface area contributed by atoms with Gasteiger partial charge in [-0.05, 0) is 30.7 Å². The number of amides is 1. The quantitative estimate of drug-likeness (QED) is 0.412. The number of thioether (sulfide) groups is 2. The van der Waals surface area contributed by atoms with Crippen LogP contribution in [0.5, 0.6) is 5.75 Å². The Morgan fingerprint density at radius 2 is 2.23 bits per heavy atom. The molecule has 1 fully saturated rings. The Bertz CT molecular complexity index is 876. The molecular formula is C18H19N3O2S3. The van der Waals surface area contributed by atoms with Crippen molar-refractivity contribution in [3.63, 3.8) is 0 Å². The molecule has 0 saturated carbocycles. The van der Waals surface area contributed by atoms with Crippen LogP contribution in [0.4, 0.5) is 0 Å². The average molecular weight is 406 g/mol. The molecule has 1 aromatic carbocycles. The van der Waals surface area contributed by atoms with Gasteiger partial charge in [-0.25, -0.2) is 4.98 Å². The summed E-state index contributed by atoms with van der Waals surface area (Å²) in [6, 6.07) is 5.93. The Kier molecular flexibility index (Phi) is 6.05. The molecular weight excluding hydrogens is 386 g/mol. The summed E-state index contributed by atoms with van der Waals surface area (Å²) in [5, 5.41) is 0.946. The first kappa shape index (κ1) is 19.0. The van der Waals surface area contributed by atoms with E-state index >= 15 is 0 Å². The highest BCUT2D eigenvalue weighted by molar-refractivity contribution is 8.26. The van der Waals surface area contributed by atoms with Crippen LogP contribution >= 0.6 is 35.7 Å². The molecule has 0 spiro atoms. The number of imidazole rings is 1. The first-order valence-corrected chi connectivity index (χ1v) is 10.3. The number of aryl methyl sites for hydroxylation is 1. The number of thiocarbonyl (C=S) groups is 1. The van der Waals surface area contributed by atoms with Crippen LogP contribution < -0.4 is 4.74 Å². The van der Waals surface area contributed by atoms with Gasteiger partial charge in [0, 0.05) is 37.3 Å². The molecule has 1 amide bonds. The van der Waals surface area contributed by atoms with Gasteiger partial charge in [-0.15, -0.1) is 0 Å². The van der Waals surface area contributed by atoms with E-state index < -0.39 is 0 Å². The predicted octanol–water partition coefficient (Wildman–Crippen LogP) is 3.94. The van der Waals surface area contributed by atoms with Gasteiger partial charge in [0.2, 0.25) is 0 Å². The third-order valence-corrected chi connectivity index (χ3v) is 6.41. The van der Waals surface area contributed by atoms with Crippen LogP contribution in [0.2, 0.25) is 0 Å². The molecule has 5 nitrogen and oxygen atoms in total. The summed E-state index contributed by atoms with van der Waals surface area (Å²) < 4.78 is 8.08. The molecule has 0 unspecified atom stereocenters. The molecule has 0 N–H and O–H groups in total. The number of nitrogens with zero attached hydrogens (tertiary/aromatic N) is 3. The summed E-state index contributed by atoms with van der Waals surface area (Å²) in [5.74, 6) is 1.53. The lowest BCUT2D eigenvalue weighted by molar-refractivity contribution is -0.121. The molecule has 0 aliphatic carbocycles. The molecule has 26 heavy (non-hydrogen) atoms. The minimum Gasteiger partial charge on any atom is -0.496 e. The van der Waals surface area contributed by atoms with E-state index in [1.807, 2.05) is 49.0 Å². The lowest BCUT2D eigenvalue weighted by Gasteiger charge is -2.10. The zero-order valence-corrected chi connectivity index (χ0v) is 17.2. The number of ether oxygens (including phenoxy) is 1. The van der Waals surface area contributed by atoms with Crippen molar-refractivity contribution < 1.29 is 9.53 Å². The monoisotopic (exact) mass is 405 g/mol. The largest absolute Gasteiger partial charge is 0.496 e. The van der Waals surface area contributed by atoms with E-state index in [-0.39, 0.29) is 5.91 Å². The summed E-state index contributed by atoms with van der Waals surface area (Å²) in [4.78, 5) is 19.0. The van der Waals surface area contributed by atoms with Gasteiger partial charge in [0.25, 0.3) is 5.91 Å². The summed E-state index contributed by atoms with van der Waals surface area (Å²) in [7, 11) is 3.63. The lowest BCUT2D eigenvalue weighted by Crippen LogP contribution is -2.27. The van der Waals surface area contributed by atoms with E-state index in [2.05, 4.69) is 4.98 Å². The Morgan fingerprint density at radius 3 is 2.85 bits per heavy atom. The first-order chi connectivity index (χ1) is 12.5. The maximum atomic E-state index is 12.4. The van der Waals surface area contributed by atoms with Gasteiger partial charge >= 0.3 is 0 Å². The van der Waals surface area contributed by atoms with Crippen LogP contribution in [-0.4, -0.2) is 38.3 Å². The zero-order chi connectivity index (χ0) is 18.7. The maximum Gasteiger partial charge on any atom is 0.266 e. The van der Waals surface area contributed by atoms with Crippen LogP contribution in [0.1, 0.15) is 18.1 Å². The van der Waals surface area contributed by atoms with E-state index in [1.54, 1.807) is 30.0 Å². The van der Waals surface area contributed by atoms with Gasteiger partial charge in [0.15, 0.2) is 5.16 Å². The van der Waals surface area contributed by atoms with E-state index in [0.29, 0.717) is 15.8 Å². The van der Waals surface area contributed by atoms with Crippen molar-refractivity contribution in [2.45, 2.75) is 17.8 Å². The topological polar surface area (TPSA) is 47.4 Å². The number of methoxy groups -OCH3 is 1. The smallest absolute Gasteiger partial charge is 0.266 e. The Morgan fingerprint density at radius 1 is 1.42 bits per heavy atom. The van der Waals surface area contributed by atoms with Crippen LogP contribution in [0.25, 0.3) is 6.08 Å². The van der Waals surface area contributed by atoms with Crippen LogP contribution in [0.15, 0.2) is 40.7 Å². The zero-order valence-electron chi connectivity index (χ0n) is 14.8. The van der Waals surface area contributed by atoms with Gasteiger partial charge in [0.1, 0.15) is 10.1 Å². The summed E-state index contributed by atoms with van der Waals surface area (Å²) in [6.07, 6.45) is 5.60. The van der Waals surface area contributed by atoms with E-state index in [4.69, 9.17) is 17.0 Å². The molecule has 0 bridgehead atoms. The summed E-state index contributed by atoms with van der Waals surface area (Å²) in [6.45, 7) is 2.52. The van der Waals surface area contributed by atoms with E-state index in [9.17, 15) is 4.79 Å². The van der Waals surface area contributed by atoms with Gasteiger partial charge < -0.3 is 9.30 Å². The van der Waals surface area contributed by atoms with Crippen molar-refractivity contribution in [2.75, 3.05) is 13.7 Å². The Hall–Kier alpha value is -1.77. The van der Waals surface area contributed by atoms with Gasteiger partial charge in [-0.3, -0.25) is 9.69 Å². The molecule has 1 aliphatic heterocycles. The van der Waals surface area contributed by atoms with Crippen molar-refractivity contribution in [3.8, 4) is 5.75 Å². The van der Waals surface area contributed by atoms with Crippen molar-refractivity contribution in [3.05, 3.63) is 46.6 Å². The highest BCUT2D eigenvalue weighted by Gasteiger charge is 2.30. The molecule has 1 aromatic heterocycles. The molecule has 0 radical (unpaired) electrons. The second-order valence-electron chi connectivity index (χ2n) is 5.61. The average Bonchev–Trinajstić information content (AvgIpc) is 3.16. The second kappa shape index (κ2) is 8.28. The number of benzene rings is 1. The second-order valence-corrected chi connectivity index (χ2v) is 8.22. The standard InChI is InChI=1S/C18H19N3O2S3/c1-4-21-16(22)15(26-18(21)24)10-12-5-6-14(23-3)13(9-12)11-25-17-19-7-8-20(17)2/h5-10H,4,11H2,1-3H3/b15-10-. The normalized spacial score (nSPS) is 16.0. The predicted molar refractivity (Wildman–Crippen MR) is 111 cm³/mol. The number of carbonyl (C=O) groups excluding carboxylic acids is 1. The van der Waals surface area contributed by atoms with Crippen molar-refractivity contribution in [1.29, 1.82) is 0 Å². The SMILES string of the molecule is CCN1C(=O)/C(=C/c2ccc(OC)c(CSc3nccn3C)c2)SC1=S. The highest BCUT2D eigenvalue weighted by atomic mass is 32.2. The summed E-state index contributed by atoms with van der Waals surface area (Å²) in [5.41, 5.74) is 2.01. The van der Waals surface area contributed by atoms with Crippen LogP contribution in [0.3, 0.4) is 0 Å². The van der Waals surface area contributed by atoms with Crippen molar-refractivity contribution >= 4 is 52.0 Å². The molecule has 0 atom stereocenters. The Balaban J connectivity index is 1.83. The first-order valence-electron chi connectivity index (χ1n) is 8.06. The lowest BCUT2D eigenvalue weighted by atomic mass is 10.1. The van der Waals surface area contributed by atoms with Crippen LogP contribution in [0, 0.1) is 0 Å².